The van der Waals surface area contributed by atoms with Crippen LogP contribution in [0.1, 0.15) is 13.8 Å². The van der Waals surface area contributed by atoms with E-state index in [4.69, 9.17) is 11.6 Å². The van der Waals surface area contributed by atoms with Gasteiger partial charge in [-0.25, -0.2) is 0 Å². The number of alkyl halides is 1. The van der Waals surface area contributed by atoms with Crippen LogP contribution in [0.4, 0.5) is 0 Å². The number of hydrogen-bond acceptors (Lipinski definition) is 1. The molecule has 1 unspecified atom stereocenters. The molecule has 0 bridgehead atoms. The summed E-state index contributed by atoms with van der Waals surface area (Å²) in [5.41, 5.74) is 0. The maximum atomic E-state index is 5.90. The van der Waals surface area contributed by atoms with E-state index in [9.17, 15) is 0 Å². The van der Waals surface area contributed by atoms with Crippen molar-refractivity contribution in [2.75, 3.05) is 0 Å². The molecule has 0 spiro atoms. The highest BCUT2D eigenvalue weighted by molar-refractivity contribution is 8.03. The third-order valence-electron chi connectivity index (χ3n) is 1.28. The van der Waals surface area contributed by atoms with E-state index < -0.39 is 0 Å². The Hall–Kier alpha value is 0.380. The average molecular weight is 149 g/mol. The number of hydrogen-bond donors (Lipinski definition) is 0. The number of allylic oxidation sites excluding steroid dienone is 1. The first-order chi connectivity index (χ1) is 3.63. The SMILES string of the molecule is CC1(C)SC=CC1Cl. The molecule has 0 aromatic heterocycles. The van der Waals surface area contributed by atoms with Crippen molar-refractivity contribution >= 4 is 23.4 Å². The van der Waals surface area contributed by atoms with E-state index in [1.54, 1.807) is 11.8 Å². The van der Waals surface area contributed by atoms with Gasteiger partial charge in [0.2, 0.25) is 0 Å². The lowest BCUT2D eigenvalue weighted by Gasteiger charge is -2.19. The molecule has 0 amide bonds. The lowest BCUT2D eigenvalue weighted by atomic mass is 10.1. The van der Waals surface area contributed by atoms with Crippen molar-refractivity contribution in [3.63, 3.8) is 0 Å². The summed E-state index contributed by atoms with van der Waals surface area (Å²) in [6, 6.07) is 0. The lowest BCUT2D eigenvalue weighted by Crippen LogP contribution is -2.21. The predicted octanol–water partition coefficient (Wildman–Crippen LogP) is 2.63. The van der Waals surface area contributed by atoms with Crippen LogP contribution in [0.15, 0.2) is 11.5 Å². The molecule has 1 aliphatic heterocycles. The van der Waals surface area contributed by atoms with Crippen LogP contribution < -0.4 is 0 Å². The predicted molar refractivity (Wildman–Crippen MR) is 40.5 cm³/mol. The van der Waals surface area contributed by atoms with E-state index in [1.165, 1.54) is 0 Å². The average Bonchev–Trinajstić information content (AvgIpc) is 1.86. The van der Waals surface area contributed by atoms with Gasteiger partial charge in [0.05, 0.1) is 5.38 Å². The highest BCUT2D eigenvalue weighted by Crippen LogP contribution is 2.38. The third-order valence-corrected chi connectivity index (χ3v) is 3.26. The van der Waals surface area contributed by atoms with Crippen molar-refractivity contribution < 1.29 is 0 Å². The van der Waals surface area contributed by atoms with E-state index in [2.05, 4.69) is 19.3 Å². The van der Waals surface area contributed by atoms with Crippen molar-refractivity contribution in [3.8, 4) is 0 Å². The van der Waals surface area contributed by atoms with Gasteiger partial charge in [-0.1, -0.05) is 6.08 Å². The van der Waals surface area contributed by atoms with Gasteiger partial charge in [-0.05, 0) is 19.3 Å². The second kappa shape index (κ2) is 1.96. The molecule has 0 fully saturated rings. The van der Waals surface area contributed by atoms with Gasteiger partial charge in [0, 0.05) is 4.75 Å². The molecule has 8 heavy (non-hydrogen) atoms. The summed E-state index contributed by atoms with van der Waals surface area (Å²) in [5.74, 6) is 0. The van der Waals surface area contributed by atoms with Crippen LogP contribution in [-0.4, -0.2) is 10.1 Å². The zero-order chi connectivity index (χ0) is 6.20. The standard InChI is InChI=1S/C6H9ClS/c1-6(2)5(7)3-4-8-6/h3-5H,1-2H3. The molecule has 0 aliphatic carbocycles. The molecular weight excluding hydrogens is 140 g/mol. The topological polar surface area (TPSA) is 0 Å². The fraction of sp³-hybridized carbons (Fsp3) is 0.667. The fourth-order valence-electron chi connectivity index (χ4n) is 0.580. The van der Waals surface area contributed by atoms with Gasteiger partial charge < -0.3 is 0 Å². The van der Waals surface area contributed by atoms with E-state index in [-0.39, 0.29) is 10.1 Å². The van der Waals surface area contributed by atoms with Crippen LogP contribution in [0.2, 0.25) is 0 Å². The van der Waals surface area contributed by atoms with Crippen molar-refractivity contribution in [2.45, 2.75) is 24.0 Å². The summed E-state index contributed by atoms with van der Waals surface area (Å²) < 4.78 is 0.224. The van der Waals surface area contributed by atoms with Crippen LogP contribution >= 0.6 is 23.4 Å². The molecule has 46 valence electrons. The summed E-state index contributed by atoms with van der Waals surface area (Å²) in [5, 5.41) is 2.28. The Bertz CT molecular complexity index is 118. The van der Waals surface area contributed by atoms with E-state index in [1.807, 2.05) is 6.08 Å². The highest BCUT2D eigenvalue weighted by Gasteiger charge is 2.29. The summed E-state index contributed by atoms with van der Waals surface area (Å²) in [4.78, 5) is 0. The minimum Gasteiger partial charge on any atom is -0.126 e. The van der Waals surface area contributed by atoms with Crippen LogP contribution in [-0.2, 0) is 0 Å². The molecule has 0 aromatic rings. The maximum absolute atomic E-state index is 5.90. The highest BCUT2D eigenvalue weighted by atomic mass is 35.5. The Morgan fingerprint density at radius 2 is 2.25 bits per heavy atom. The van der Waals surface area contributed by atoms with E-state index in [0.717, 1.165) is 0 Å². The summed E-state index contributed by atoms with van der Waals surface area (Å²) in [6.07, 6.45) is 2.03. The van der Waals surface area contributed by atoms with E-state index >= 15 is 0 Å². The van der Waals surface area contributed by atoms with Crippen molar-refractivity contribution in [2.24, 2.45) is 0 Å². The van der Waals surface area contributed by atoms with Crippen molar-refractivity contribution in [3.05, 3.63) is 11.5 Å². The van der Waals surface area contributed by atoms with Crippen LogP contribution in [0.25, 0.3) is 0 Å². The lowest BCUT2D eigenvalue weighted by molar-refractivity contribution is 0.747. The zero-order valence-electron chi connectivity index (χ0n) is 5.02. The van der Waals surface area contributed by atoms with Crippen LogP contribution in [0.5, 0.6) is 0 Å². The molecule has 0 saturated carbocycles. The number of rotatable bonds is 0. The number of halogens is 1. The van der Waals surface area contributed by atoms with E-state index in [0.29, 0.717) is 0 Å². The zero-order valence-corrected chi connectivity index (χ0v) is 6.59. The van der Waals surface area contributed by atoms with Gasteiger partial charge in [0.1, 0.15) is 0 Å². The molecule has 2 heteroatoms. The first-order valence-corrected chi connectivity index (χ1v) is 3.93. The maximum Gasteiger partial charge on any atom is 0.0668 e. The number of thioether (sulfide) groups is 1. The van der Waals surface area contributed by atoms with Crippen molar-refractivity contribution in [1.82, 2.24) is 0 Å². The van der Waals surface area contributed by atoms with Crippen molar-refractivity contribution in [1.29, 1.82) is 0 Å². The van der Waals surface area contributed by atoms with Crippen LogP contribution in [0, 0.1) is 0 Å². The minimum atomic E-state index is 0.215. The van der Waals surface area contributed by atoms with Gasteiger partial charge >= 0.3 is 0 Å². The summed E-state index contributed by atoms with van der Waals surface area (Å²) in [6.45, 7) is 4.30. The van der Waals surface area contributed by atoms with Gasteiger partial charge in [0.15, 0.2) is 0 Å². The fourth-order valence-corrected chi connectivity index (χ4v) is 1.69. The molecule has 1 aliphatic rings. The largest absolute Gasteiger partial charge is 0.126 e. The molecule has 0 saturated heterocycles. The van der Waals surface area contributed by atoms with Gasteiger partial charge in [-0.2, -0.15) is 0 Å². The molecular formula is C6H9ClS. The van der Waals surface area contributed by atoms with Gasteiger partial charge in [-0.15, -0.1) is 23.4 Å². The Morgan fingerprint density at radius 1 is 1.62 bits per heavy atom. The quantitative estimate of drug-likeness (QED) is 0.476. The summed E-state index contributed by atoms with van der Waals surface area (Å²) in [7, 11) is 0. The smallest absolute Gasteiger partial charge is 0.0668 e. The second-order valence-corrected chi connectivity index (χ2v) is 4.48. The summed E-state index contributed by atoms with van der Waals surface area (Å²) >= 11 is 7.69. The Morgan fingerprint density at radius 3 is 2.38 bits per heavy atom. The Labute approximate surface area is 59.3 Å². The molecule has 0 nitrogen and oxygen atoms in total. The van der Waals surface area contributed by atoms with Crippen LogP contribution in [0.3, 0.4) is 0 Å². The molecule has 0 N–H and O–H groups in total. The Balaban J connectivity index is 2.64. The van der Waals surface area contributed by atoms with Gasteiger partial charge in [0.25, 0.3) is 0 Å². The monoisotopic (exact) mass is 148 g/mol. The molecule has 1 heterocycles. The Kier molecular flexibility index (Phi) is 1.59. The normalized spacial score (nSPS) is 33.6. The minimum absolute atomic E-state index is 0.215. The first kappa shape index (κ1) is 6.50. The van der Waals surface area contributed by atoms with Gasteiger partial charge in [-0.3, -0.25) is 0 Å². The molecule has 1 rings (SSSR count). The molecule has 1 atom stereocenters. The second-order valence-electron chi connectivity index (χ2n) is 2.45. The third kappa shape index (κ3) is 1.03. The molecule has 0 radical (unpaired) electrons. The molecule has 0 aromatic carbocycles. The first-order valence-electron chi connectivity index (χ1n) is 2.61.